The summed E-state index contributed by atoms with van der Waals surface area (Å²) < 4.78 is 5.75. The number of ketones is 1. The monoisotopic (exact) mass is 218 g/mol. The summed E-state index contributed by atoms with van der Waals surface area (Å²) in [6.07, 6.45) is 5.86. The summed E-state index contributed by atoms with van der Waals surface area (Å²) in [5, 5.41) is 0. The fourth-order valence-electron chi connectivity index (χ4n) is 2.09. The Morgan fingerprint density at radius 3 is 2.56 bits per heavy atom. The standard InChI is InChI=1S/C14H18O2/c15-13-10-6-1-2-7-11-14(13)16-12-8-4-3-5-9-12/h3-5,8-9,14H,1-2,6-7,10-11H2/t14-/m1/s1. The lowest BCUT2D eigenvalue weighted by atomic mass is 9.97. The minimum absolute atomic E-state index is 0.220. The highest BCUT2D eigenvalue weighted by atomic mass is 16.5. The van der Waals surface area contributed by atoms with E-state index >= 15 is 0 Å². The van der Waals surface area contributed by atoms with Gasteiger partial charge in [0.1, 0.15) is 5.75 Å². The summed E-state index contributed by atoms with van der Waals surface area (Å²) in [6.45, 7) is 0. The molecule has 0 heterocycles. The highest BCUT2D eigenvalue weighted by Gasteiger charge is 2.21. The van der Waals surface area contributed by atoms with Crippen LogP contribution in [0.25, 0.3) is 0 Å². The van der Waals surface area contributed by atoms with Crippen molar-refractivity contribution in [1.82, 2.24) is 0 Å². The number of carbonyl (C=O) groups is 1. The Morgan fingerprint density at radius 2 is 1.75 bits per heavy atom. The van der Waals surface area contributed by atoms with E-state index in [0.717, 1.165) is 25.0 Å². The van der Waals surface area contributed by atoms with Crippen LogP contribution in [-0.4, -0.2) is 11.9 Å². The molecule has 16 heavy (non-hydrogen) atoms. The maximum atomic E-state index is 11.8. The minimum Gasteiger partial charge on any atom is -0.483 e. The SMILES string of the molecule is O=C1CCCCCC[C@H]1Oc1ccccc1. The van der Waals surface area contributed by atoms with Crippen LogP contribution in [0.2, 0.25) is 0 Å². The maximum Gasteiger partial charge on any atom is 0.173 e. The number of para-hydroxylation sites is 1. The fraction of sp³-hybridized carbons (Fsp3) is 0.500. The zero-order valence-corrected chi connectivity index (χ0v) is 9.52. The Balaban J connectivity index is 1.98. The molecule has 1 fully saturated rings. The van der Waals surface area contributed by atoms with Crippen LogP contribution in [-0.2, 0) is 4.79 Å². The molecule has 2 heteroatoms. The Kier molecular flexibility index (Phi) is 3.97. The fourth-order valence-corrected chi connectivity index (χ4v) is 2.09. The largest absolute Gasteiger partial charge is 0.483 e. The molecular weight excluding hydrogens is 200 g/mol. The topological polar surface area (TPSA) is 26.3 Å². The Morgan fingerprint density at radius 1 is 1.00 bits per heavy atom. The molecule has 1 aromatic rings. The molecule has 2 rings (SSSR count). The molecule has 0 amide bonds. The third-order valence-electron chi connectivity index (χ3n) is 3.02. The van der Waals surface area contributed by atoms with Gasteiger partial charge in [-0.3, -0.25) is 4.79 Å². The normalized spacial score (nSPS) is 22.2. The van der Waals surface area contributed by atoms with Gasteiger partial charge in [0.15, 0.2) is 11.9 Å². The van der Waals surface area contributed by atoms with E-state index in [9.17, 15) is 4.79 Å². The quantitative estimate of drug-likeness (QED) is 0.760. The molecule has 86 valence electrons. The zero-order chi connectivity index (χ0) is 11.2. The van der Waals surface area contributed by atoms with Crippen LogP contribution in [0.15, 0.2) is 30.3 Å². The third-order valence-corrected chi connectivity index (χ3v) is 3.02. The van der Waals surface area contributed by atoms with E-state index in [1.54, 1.807) is 0 Å². The minimum atomic E-state index is -0.220. The number of Topliss-reactive ketones (excluding diaryl/α,β-unsaturated/α-hetero) is 1. The van der Waals surface area contributed by atoms with Gasteiger partial charge in [0.05, 0.1) is 0 Å². The predicted molar refractivity (Wildman–Crippen MR) is 63.6 cm³/mol. The Labute approximate surface area is 96.6 Å². The first-order chi connectivity index (χ1) is 7.86. The van der Waals surface area contributed by atoms with E-state index in [1.807, 2.05) is 30.3 Å². The van der Waals surface area contributed by atoms with Crippen LogP contribution in [0.3, 0.4) is 0 Å². The molecule has 1 saturated carbocycles. The smallest absolute Gasteiger partial charge is 0.173 e. The molecule has 0 unspecified atom stereocenters. The second kappa shape index (κ2) is 5.69. The van der Waals surface area contributed by atoms with Gasteiger partial charge in [0.2, 0.25) is 0 Å². The van der Waals surface area contributed by atoms with Crippen molar-refractivity contribution in [3.05, 3.63) is 30.3 Å². The maximum absolute atomic E-state index is 11.8. The first-order valence-electron chi connectivity index (χ1n) is 6.11. The molecule has 0 aromatic heterocycles. The van der Waals surface area contributed by atoms with Crippen molar-refractivity contribution < 1.29 is 9.53 Å². The molecule has 0 spiro atoms. The second-order valence-electron chi connectivity index (χ2n) is 4.34. The van der Waals surface area contributed by atoms with E-state index in [-0.39, 0.29) is 11.9 Å². The third kappa shape index (κ3) is 3.09. The molecule has 1 aromatic carbocycles. The van der Waals surface area contributed by atoms with Gasteiger partial charge in [-0.25, -0.2) is 0 Å². The molecule has 0 aliphatic heterocycles. The van der Waals surface area contributed by atoms with Crippen molar-refractivity contribution in [3.8, 4) is 5.75 Å². The molecule has 0 bridgehead atoms. The summed E-state index contributed by atoms with van der Waals surface area (Å²) >= 11 is 0. The van der Waals surface area contributed by atoms with Gasteiger partial charge in [0, 0.05) is 6.42 Å². The van der Waals surface area contributed by atoms with E-state index in [1.165, 1.54) is 12.8 Å². The Bertz CT molecular complexity index is 332. The summed E-state index contributed by atoms with van der Waals surface area (Å²) in [5.41, 5.74) is 0. The molecule has 1 atom stereocenters. The Hall–Kier alpha value is -1.31. The number of rotatable bonds is 2. The van der Waals surface area contributed by atoms with Crippen molar-refractivity contribution in [2.45, 2.75) is 44.6 Å². The highest BCUT2D eigenvalue weighted by molar-refractivity contribution is 5.83. The number of ether oxygens (including phenoxy) is 1. The number of benzene rings is 1. The summed E-state index contributed by atoms with van der Waals surface area (Å²) in [7, 11) is 0. The van der Waals surface area contributed by atoms with Gasteiger partial charge in [-0.05, 0) is 31.4 Å². The second-order valence-corrected chi connectivity index (χ2v) is 4.34. The van der Waals surface area contributed by atoms with Gasteiger partial charge >= 0.3 is 0 Å². The van der Waals surface area contributed by atoms with Crippen molar-refractivity contribution in [3.63, 3.8) is 0 Å². The van der Waals surface area contributed by atoms with Crippen LogP contribution >= 0.6 is 0 Å². The van der Waals surface area contributed by atoms with Crippen LogP contribution in [0.5, 0.6) is 5.75 Å². The molecule has 2 nitrogen and oxygen atoms in total. The van der Waals surface area contributed by atoms with E-state index in [4.69, 9.17) is 4.74 Å². The van der Waals surface area contributed by atoms with Crippen LogP contribution in [0.4, 0.5) is 0 Å². The molecule has 1 aliphatic rings. The lowest BCUT2D eigenvalue weighted by Crippen LogP contribution is -2.28. The predicted octanol–water partition coefficient (Wildman–Crippen LogP) is 3.36. The van der Waals surface area contributed by atoms with E-state index < -0.39 is 0 Å². The van der Waals surface area contributed by atoms with Gasteiger partial charge < -0.3 is 4.74 Å². The summed E-state index contributed by atoms with van der Waals surface area (Å²) in [4.78, 5) is 11.8. The molecule has 0 N–H and O–H groups in total. The van der Waals surface area contributed by atoms with Crippen LogP contribution in [0.1, 0.15) is 38.5 Å². The van der Waals surface area contributed by atoms with Crippen molar-refractivity contribution in [2.24, 2.45) is 0 Å². The number of carbonyl (C=O) groups excluding carboxylic acids is 1. The van der Waals surface area contributed by atoms with Crippen molar-refractivity contribution in [1.29, 1.82) is 0 Å². The average molecular weight is 218 g/mol. The summed E-state index contributed by atoms with van der Waals surface area (Å²) in [5.74, 6) is 1.07. The summed E-state index contributed by atoms with van der Waals surface area (Å²) in [6, 6.07) is 9.64. The number of hydrogen-bond acceptors (Lipinski definition) is 2. The van der Waals surface area contributed by atoms with Gasteiger partial charge in [-0.2, -0.15) is 0 Å². The van der Waals surface area contributed by atoms with Crippen molar-refractivity contribution >= 4 is 5.78 Å². The van der Waals surface area contributed by atoms with Crippen LogP contribution in [0, 0.1) is 0 Å². The van der Waals surface area contributed by atoms with E-state index in [2.05, 4.69) is 0 Å². The zero-order valence-electron chi connectivity index (χ0n) is 9.52. The van der Waals surface area contributed by atoms with Gasteiger partial charge in [-0.15, -0.1) is 0 Å². The highest BCUT2D eigenvalue weighted by Crippen LogP contribution is 2.20. The van der Waals surface area contributed by atoms with Gasteiger partial charge in [0.25, 0.3) is 0 Å². The lowest BCUT2D eigenvalue weighted by molar-refractivity contribution is -0.126. The van der Waals surface area contributed by atoms with E-state index in [0.29, 0.717) is 6.42 Å². The van der Waals surface area contributed by atoms with Crippen LogP contribution < -0.4 is 4.74 Å². The van der Waals surface area contributed by atoms with Gasteiger partial charge in [-0.1, -0.05) is 31.0 Å². The molecular formula is C14H18O2. The molecule has 1 aliphatic carbocycles. The van der Waals surface area contributed by atoms with Crippen molar-refractivity contribution in [2.75, 3.05) is 0 Å². The average Bonchev–Trinajstić information content (AvgIpc) is 2.30. The first-order valence-corrected chi connectivity index (χ1v) is 6.11. The number of hydrogen-bond donors (Lipinski definition) is 0. The lowest BCUT2D eigenvalue weighted by Gasteiger charge is -2.20. The first kappa shape index (κ1) is 11.2. The molecule has 0 radical (unpaired) electrons. The molecule has 0 saturated heterocycles.